The number of aliphatic hydroxyl groups excluding tert-OH is 1. The van der Waals surface area contributed by atoms with E-state index in [4.69, 9.17) is 16.7 Å². The minimum atomic E-state index is -0.222. The average Bonchev–Trinajstić information content (AvgIpc) is 2.21. The number of benzene rings is 1. The van der Waals surface area contributed by atoms with E-state index in [-0.39, 0.29) is 25.0 Å². The zero-order valence-electron chi connectivity index (χ0n) is 8.53. The summed E-state index contributed by atoms with van der Waals surface area (Å²) in [4.78, 5) is 11.5. The van der Waals surface area contributed by atoms with Gasteiger partial charge in [0.1, 0.15) is 0 Å². The van der Waals surface area contributed by atoms with Gasteiger partial charge in [-0.25, -0.2) is 0 Å². The monoisotopic (exact) mass is 227 g/mol. The predicted octanol–water partition coefficient (Wildman–Crippen LogP) is 1.38. The molecule has 1 amide bonds. The summed E-state index contributed by atoms with van der Waals surface area (Å²) in [5, 5.41) is 12.0. The normalized spacial score (nSPS) is 12.2. The molecule has 0 saturated heterocycles. The Bertz CT molecular complexity index is 341. The minimum absolute atomic E-state index is 0.0612. The summed E-state index contributed by atoms with van der Waals surface area (Å²) in [6.07, 6.45) is 0.240. The van der Waals surface area contributed by atoms with Crippen LogP contribution in [-0.2, 0) is 11.2 Å². The van der Waals surface area contributed by atoms with E-state index in [1.807, 2.05) is 18.2 Å². The molecule has 0 unspecified atom stereocenters. The molecule has 2 N–H and O–H groups in total. The molecule has 0 bridgehead atoms. The molecule has 1 aromatic carbocycles. The Morgan fingerprint density at radius 3 is 2.80 bits per heavy atom. The lowest BCUT2D eigenvalue weighted by molar-refractivity contribution is -0.121. The van der Waals surface area contributed by atoms with Gasteiger partial charge in [-0.1, -0.05) is 29.8 Å². The zero-order valence-corrected chi connectivity index (χ0v) is 9.29. The van der Waals surface area contributed by atoms with Crippen molar-refractivity contribution in [2.45, 2.75) is 19.4 Å². The molecule has 0 aromatic heterocycles. The molecule has 1 aromatic rings. The van der Waals surface area contributed by atoms with Crippen LogP contribution in [0.25, 0.3) is 0 Å². The fourth-order valence-electron chi connectivity index (χ4n) is 1.19. The first-order chi connectivity index (χ1) is 7.13. The molecule has 0 heterocycles. The van der Waals surface area contributed by atoms with Crippen molar-refractivity contribution in [3.05, 3.63) is 34.9 Å². The van der Waals surface area contributed by atoms with Crippen LogP contribution in [0.2, 0.25) is 5.02 Å². The molecule has 15 heavy (non-hydrogen) atoms. The van der Waals surface area contributed by atoms with Gasteiger partial charge in [0, 0.05) is 11.1 Å². The number of nitrogens with one attached hydrogen (secondary N) is 1. The summed E-state index contributed by atoms with van der Waals surface area (Å²) < 4.78 is 0. The molecule has 4 heteroatoms. The number of halogens is 1. The highest BCUT2D eigenvalue weighted by Gasteiger charge is 2.08. The zero-order chi connectivity index (χ0) is 11.3. The maximum Gasteiger partial charge on any atom is 0.224 e. The number of aliphatic hydroxyl groups is 1. The molecule has 1 rings (SSSR count). The number of hydrogen-bond acceptors (Lipinski definition) is 2. The van der Waals surface area contributed by atoms with Crippen molar-refractivity contribution in [2.24, 2.45) is 0 Å². The first kappa shape index (κ1) is 12.0. The number of amides is 1. The van der Waals surface area contributed by atoms with E-state index in [1.54, 1.807) is 13.0 Å². The number of carbonyl (C=O) groups is 1. The second-order valence-electron chi connectivity index (χ2n) is 3.42. The Labute approximate surface area is 94.1 Å². The Morgan fingerprint density at radius 1 is 1.53 bits per heavy atom. The van der Waals surface area contributed by atoms with Gasteiger partial charge in [0.15, 0.2) is 0 Å². The van der Waals surface area contributed by atoms with E-state index < -0.39 is 0 Å². The average molecular weight is 228 g/mol. The lowest BCUT2D eigenvalue weighted by Gasteiger charge is -2.11. The molecule has 0 aliphatic rings. The molecule has 0 aliphatic heterocycles. The molecule has 0 spiro atoms. The van der Waals surface area contributed by atoms with Gasteiger partial charge in [-0.3, -0.25) is 4.79 Å². The summed E-state index contributed by atoms with van der Waals surface area (Å²) in [7, 11) is 0. The SMILES string of the molecule is C[C@@H](CO)NC(=O)Cc1ccccc1Cl. The van der Waals surface area contributed by atoms with Crippen LogP contribution in [0.3, 0.4) is 0 Å². The van der Waals surface area contributed by atoms with Crippen LogP contribution >= 0.6 is 11.6 Å². The lowest BCUT2D eigenvalue weighted by Crippen LogP contribution is -2.36. The Hall–Kier alpha value is -1.06. The van der Waals surface area contributed by atoms with Gasteiger partial charge in [0.05, 0.1) is 13.0 Å². The van der Waals surface area contributed by atoms with Crippen molar-refractivity contribution >= 4 is 17.5 Å². The predicted molar refractivity (Wildman–Crippen MR) is 59.8 cm³/mol. The van der Waals surface area contributed by atoms with Gasteiger partial charge >= 0.3 is 0 Å². The summed E-state index contributed by atoms with van der Waals surface area (Å²) in [6, 6.07) is 7.00. The summed E-state index contributed by atoms with van der Waals surface area (Å²) in [5.74, 6) is -0.135. The molecule has 0 radical (unpaired) electrons. The number of rotatable bonds is 4. The Morgan fingerprint density at radius 2 is 2.20 bits per heavy atom. The van der Waals surface area contributed by atoms with E-state index in [2.05, 4.69) is 5.32 Å². The third kappa shape index (κ3) is 3.90. The maximum absolute atomic E-state index is 11.5. The van der Waals surface area contributed by atoms with Crippen LogP contribution < -0.4 is 5.32 Å². The minimum Gasteiger partial charge on any atom is -0.394 e. The lowest BCUT2D eigenvalue weighted by atomic mass is 10.1. The number of hydrogen-bond donors (Lipinski definition) is 2. The molecule has 82 valence electrons. The van der Waals surface area contributed by atoms with Gasteiger partial charge < -0.3 is 10.4 Å². The van der Waals surface area contributed by atoms with Crippen LogP contribution in [0.5, 0.6) is 0 Å². The number of carbonyl (C=O) groups excluding carboxylic acids is 1. The largest absolute Gasteiger partial charge is 0.394 e. The van der Waals surface area contributed by atoms with Gasteiger partial charge in [-0.2, -0.15) is 0 Å². The summed E-state index contributed by atoms with van der Waals surface area (Å²) in [6.45, 7) is 1.68. The van der Waals surface area contributed by atoms with Crippen LogP contribution in [0.15, 0.2) is 24.3 Å². The first-order valence-electron chi connectivity index (χ1n) is 4.77. The highest BCUT2D eigenvalue weighted by molar-refractivity contribution is 6.31. The molecular weight excluding hydrogens is 214 g/mol. The van der Waals surface area contributed by atoms with E-state index in [1.165, 1.54) is 0 Å². The van der Waals surface area contributed by atoms with E-state index in [9.17, 15) is 4.79 Å². The third-order valence-electron chi connectivity index (χ3n) is 1.99. The second-order valence-corrected chi connectivity index (χ2v) is 3.83. The summed E-state index contributed by atoms with van der Waals surface area (Å²) in [5.41, 5.74) is 0.793. The van der Waals surface area contributed by atoms with E-state index >= 15 is 0 Å². The molecule has 0 saturated carbocycles. The fourth-order valence-corrected chi connectivity index (χ4v) is 1.39. The molecule has 0 aliphatic carbocycles. The molecule has 0 fully saturated rings. The highest BCUT2D eigenvalue weighted by Crippen LogP contribution is 2.15. The molecule has 3 nitrogen and oxygen atoms in total. The topological polar surface area (TPSA) is 49.3 Å². The van der Waals surface area contributed by atoms with Crippen molar-refractivity contribution in [1.29, 1.82) is 0 Å². The Balaban J connectivity index is 2.55. The van der Waals surface area contributed by atoms with Crippen molar-refractivity contribution in [3.63, 3.8) is 0 Å². The standard InChI is InChI=1S/C11H14ClNO2/c1-8(7-14)13-11(15)6-9-4-2-3-5-10(9)12/h2-5,8,14H,6-7H2,1H3,(H,13,15)/t8-/m0/s1. The van der Waals surface area contributed by atoms with Gasteiger partial charge in [-0.15, -0.1) is 0 Å². The van der Waals surface area contributed by atoms with Crippen LogP contribution in [0.1, 0.15) is 12.5 Å². The molecule has 1 atom stereocenters. The van der Waals surface area contributed by atoms with Crippen LogP contribution in [0.4, 0.5) is 0 Å². The van der Waals surface area contributed by atoms with Crippen LogP contribution in [-0.4, -0.2) is 23.7 Å². The van der Waals surface area contributed by atoms with Crippen molar-refractivity contribution in [1.82, 2.24) is 5.32 Å². The summed E-state index contributed by atoms with van der Waals surface area (Å²) >= 11 is 5.91. The Kier molecular flexibility index (Phi) is 4.59. The van der Waals surface area contributed by atoms with E-state index in [0.29, 0.717) is 5.02 Å². The fraction of sp³-hybridized carbons (Fsp3) is 0.364. The van der Waals surface area contributed by atoms with Gasteiger partial charge in [-0.05, 0) is 18.6 Å². The highest BCUT2D eigenvalue weighted by atomic mass is 35.5. The van der Waals surface area contributed by atoms with Crippen molar-refractivity contribution in [3.8, 4) is 0 Å². The smallest absolute Gasteiger partial charge is 0.224 e. The third-order valence-corrected chi connectivity index (χ3v) is 2.36. The van der Waals surface area contributed by atoms with E-state index in [0.717, 1.165) is 5.56 Å². The quantitative estimate of drug-likeness (QED) is 0.817. The van der Waals surface area contributed by atoms with Crippen molar-refractivity contribution in [2.75, 3.05) is 6.61 Å². The van der Waals surface area contributed by atoms with Crippen LogP contribution in [0, 0.1) is 0 Å². The van der Waals surface area contributed by atoms with Crippen molar-refractivity contribution < 1.29 is 9.90 Å². The maximum atomic E-state index is 11.5. The second kappa shape index (κ2) is 5.73. The first-order valence-corrected chi connectivity index (χ1v) is 5.15. The van der Waals surface area contributed by atoms with Gasteiger partial charge in [0.25, 0.3) is 0 Å². The van der Waals surface area contributed by atoms with Gasteiger partial charge in [0.2, 0.25) is 5.91 Å². The molecular formula is C11H14ClNO2.